The van der Waals surface area contributed by atoms with Crippen LogP contribution in [0.15, 0.2) is 26.3 Å². The molecule has 8 nitrogen and oxygen atoms in total. The van der Waals surface area contributed by atoms with Crippen LogP contribution >= 0.6 is 15.9 Å². The van der Waals surface area contributed by atoms with Crippen LogP contribution in [0.3, 0.4) is 0 Å². The van der Waals surface area contributed by atoms with Crippen LogP contribution in [-0.2, 0) is 33.7 Å². The molecule has 2 aromatic rings. The number of aromatic nitrogens is 2. The lowest BCUT2D eigenvalue weighted by Gasteiger charge is -2.34. The number of ether oxygens (including phenoxy) is 1. The van der Waals surface area contributed by atoms with Gasteiger partial charge in [-0.05, 0) is 35.0 Å². The number of imidazole rings is 1. The van der Waals surface area contributed by atoms with E-state index in [1.165, 1.54) is 26.4 Å². The summed E-state index contributed by atoms with van der Waals surface area (Å²) in [6, 6.07) is 2.59. The molecule has 0 bridgehead atoms. The Morgan fingerprint density at radius 3 is 2.50 bits per heavy atom. The van der Waals surface area contributed by atoms with Crippen molar-refractivity contribution >= 4 is 42.8 Å². The van der Waals surface area contributed by atoms with Gasteiger partial charge in [0.1, 0.15) is 5.78 Å². The van der Waals surface area contributed by atoms with Crippen molar-refractivity contribution in [1.82, 2.24) is 13.4 Å². The summed E-state index contributed by atoms with van der Waals surface area (Å²) < 4.78 is 36.5. The number of benzene rings is 1. The molecule has 1 atom stereocenters. The first-order chi connectivity index (χ1) is 12.1. The molecule has 0 aliphatic carbocycles. The maximum absolute atomic E-state index is 13.3. The number of aryl methyl sites for hydroxylation is 2. The predicted octanol–water partition coefficient (Wildman–Crippen LogP) is 1.01. The molecule has 2 heterocycles. The number of Topliss-reactive ketones (excluding diaryl/α,β-unsaturated/α-hetero) is 1. The molecule has 1 aromatic carbocycles. The van der Waals surface area contributed by atoms with Gasteiger partial charge < -0.3 is 4.74 Å². The Bertz CT molecular complexity index is 1040. The number of carbonyl (C=O) groups excluding carboxylic acids is 1. The Morgan fingerprint density at radius 2 is 1.88 bits per heavy atom. The molecular formula is C16H20BrN3O5S. The normalized spacial score (nSPS) is 19.2. The van der Waals surface area contributed by atoms with Crippen LogP contribution in [0.2, 0.25) is 0 Å². The highest BCUT2D eigenvalue weighted by molar-refractivity contribution is 9.10. The zero-order valence-corrected chi connectivity index (χ0v) is 17.1. The minimum Gasteiger partial charge on any atom is -0.378 e. The van der Waals surface area contributed by atoms with E-state index in [9.17, 15) is 18.0 Å². The number of hydrogen-bond acceptors (Lipinski definition) is 5. The topological polar surface area (TPSA) is 90.6 Å². The van der Waals surface area contributed by atoms with E-state index in [2.05, 4.69) is 15.9 Å². The first-order valence-corrected chi connectivity index (χ1v) is 10.3. The fraction of sp³-hybridized carbons (Fsp3) is 0.500. The van der Waals surface area contributed by atoms with Crippen LogP contribution in [0.4, 0.5) is 0 Å². The molecule has 0 unspecified atom stereocenters. The summed E-state index contributed by atoms with van der Waals surface area (Å²) in [5, 5.41) is 0. The number of halogens is 1. The van der Waals surface area contributed by atoms with Gasteiger partial charge in [-0.15, -0.1) is 0 Å². The fourth-order valence-corrected chi connectivity index (χ4v) is 5.88. The molecule has 1 aliphatic rings. The molecule has 0 saturated carbocycles. The van der Waals surface area contributed by atoms with E-state index in [4.69, 9.17) is 4.74 Å². The number of morpholine rings is 1. The minimum atomic E-state index is -3.87. The summed E-state index contributed by atoms with van der Waals surface area (Å²) in [5.74, 6) is -0.0966. The van der Waals surface area contributed by atoms with Gasteiger partial charge in [0, 0.05) is 31.5 Å². The van der Waals surface area contributed by atoms with E-state index in [0.717, 1.165) is 0 Å². The summed E-state index contributed by atoms with van der Waals surface area (Å²) >= 11 is 3.33. The van der Waals surface area contributed by atoms with Crippen molar-refractivity contribution in [2.24, 2.45) is 14.1 Å². The van der Waals surface area contributed by atoms with Gasteiger partial charge in [0.15, 0.2) is 0 Å². The van der Waals surface area contributed by atoms with Gasteiger partial charge in [0.25, 0.3) is 0 Å². The van der Waals surface area contributed by atoms with Crippen LogP contribution < -0.4 is 5.69 Å². The molecule has 1 fully saturated rings. The Balaban J connectivity index is 2.14. The molecule has 1 aromatic heterocycles. The standard InChI is InChI=1S/C16H20BrN3O5S/c1-10(21)6-11-9-25-5-4-20(11)26(23,24)15-8-14-13(7-12(15)17)18(2)16(22)19(14)3/h7-8,11H,4-6,9H2,1-3H3/t11-/m0/s1. The first-order valence-electron chi connectivity index (χ1n) is 8.08. The van der Waals surface area contributed by atoms with Crippen molar-refractivity contribution in [2.45, 2.75) is 24.3 Å². The van der Waals surface area contributed by atoms with Gasteiger partial charge in [0.2, 0.25) is 10.0 Å². The lowest BCUT2D eigenvalue weighted by atomic mass is 10.1. The summed E-state index contributed by atoms with van der Waals surface area (Å²) in [6.07, 6.45) is 0.100. The summed E-state index contributed by atoms with van der Waals surface area (Å²) in [5.41, 5.74) is 0.920. The zero-order valence-electron chi connectivity index (χ0n) is 14.7. The number of sulfonamides is 1. The Hall–Kier alpha value is -1.49. The molecule has 0 spiro atoms. The Kier molecular flexibility index (Phi) is 5.13. The average Bonchev–Trinajstić information content (AvgIpc) is 2.78. The number of nitrogens with zero attached hydrogens (tertiary/aromatic N) is 3. The zero-order chi connectivity index (χ0) is 19.2. The number of ketones is 1. The van der Waals surface area contributed by atoms with Crippen LogP contribution in [-0.4, -0.2) is 53.4 Å². The van der Waals surface area contributed by atoms with Gasteiger partial charge in [-0.25, -0.2) is 13.2 Å². The van der Waals surface area contributed by atoms with Crippen LogP contribution in [0, 0.1) is 0 Å². The molecule has 142 valence electrons. The average molecular weight is 446 g/mol. The molecule has 10 heteroatoms. The number of fused-ring (bicyclic) bond motifs is 1. The van der Waals surface area contributed by atoms with Crippen molar-refractivity contribution in [2.75, 3.05) is 19.8 Å². The lowest BCUT2D eigenvalue weighted by Crippen LogP contribution is -2.49. The molecule has 1 aliphatic heterocycles. The van der Waals surface area contributed by atoms with E-state index in [1.807, 2.05) is 0 Å². The van der Waals surface area contributed by atoms with E-state index in [1.54, 1.807) is 20.2 Å². The molecule has 26 heavy (non-hydrogen) atoms. The monoisotopic (exact) mass is 445 g/mol. The van der Waals surface area contributed by atoms with E-state index < -0.39 is 16.1 Å². The highest BCUT2D eigenvalue weighted by Gasteiger charge is 2.36. The fourth-order valence-electron chi connectivity index (χ4n) is 3.27. The lowest BCUT2D eigenvalue weighted by molar-refractivity contribution is -0.118. The smallest absolute Gasteiger partial charge is 0.328 e. The quantitative estimate of drug-likeness (QED) is 0.700. The predicted molar refractivity (Wildman–Crippen MR) is 99.7 cm³/mol. The molecule has 3 rings (SSSR count). The molecular weight excluding hydrogens is 426 g/mol. The van der Waals surface area contributed by atoms with Crippen LogP contribution in [0.1, 0.15) is 13.3 Å². The number of hydrogen-bond donors (Lipinski definition) is 0. The second kappa shape index (κ2) is 6.91. The van der Waals surface area contributed by atoms with Gasteiger partial charge in [-0.1, -0.05) is 0 Å². The van der Waals surface area contributed by atoms with Crippen molar-refractivity contribution < 1.29 is 17.9 Å². The third kappa shape index (κ3) is 3.15. The number of carbonyl (C=O) groups is 1. The first kappa shape index (κ1) is 19.3. The highest BCUT2D eigenvalue weighted by Crippen LogP contribution is 2.31. The van der Waals surface area contributed by atoms with E-state index >= 15 is 0 Å². The van der Waals surface area contributed by atoms with E-state index in [0.29, 0.717) is 15.5 Å². The summed E-state index contributed by atoms with van der Waals surface area (Å²) in [6.45, 7) is 2.07. The molecule has 0 amide bonds. The van der Waals surface area contributed by atoms with Crippen LogP contribution in [0.5, 0.6) is 0 Å². The second-order valence-electron chi connectivity index (χ2n) is 6.42. The number of rotatable bonds is 4. The Morgan fingerprint density at radius 1 is 1.27 bits per heavy atom. The van der Waals surface area contributed by atoms with Crippen molar-refractivity contribution in [3.05, 3.63) is 27.1 Å². The largest absolute Gasteiger partial charge is 0.378 e. The van der Waals surface area contributed by atoms with E-state index in [-0.39, 0.29) is 42.5 Å². The summed E-state index contributed by atoms with van der Waals surface area (Å²) in [7, 11) is -0.635. The second-order valence-corrected chi connectivity index (χ2v) is 9.14. The summed E-state index contributed by atoms with van der Waals surface area (Å²) in [4.78, 5) is 23.7. The van der Waals surface area contributed by atoms with Gasteiger partial charge in [-0.3, -0.25) is 13.9 Å². The van der Waals surface area contributed by atoms with Crippen molar-refractivity contribution in [3.63, 3.8) is 0 Å². The van der Waals surface area contributed by atoms with Crippen molar-refractivity contribution in [1.29, 1.82) is 0 Å². The van der Waals surface area contributed by atoms with Gasteiger partial charge in [0.05, 0.1) is 35.2 Å². The third-order valence-electron chi connectivity index (χ3n) is 4.61. The van der Waals surface area contributed by atoms with Crippen molar-refractivity contribution in [3.8, 4) is 0 Å². The molecule has 1 saturated heterocycles. The maximum Gasteiger partial charge on any atom is 0.328 e. The maximum atomic E-state index is 13.3. The SMILES string of the molecule is CC(=O)C[C@H]1COCCN1S(=O)(=O)c1cc2c(cc1Br)n(C)c(=O)n2C. The van der Waals surface area contributed by atoms with Gasteiger partial charge >= 0.3 is 5.69 Å². The third-order valence-corrected chi connectivity index (χ3v) is 7.52. The molecule has 0 radical (unpaired) electrons. The van der Waals surface area contributed by atoms with Gasteiger partial charge in [-0.2, -0.15) is 4.31 Å². The Labute approximate surface area is 159 Å². The molecule has 0 N–H and O–H groups in total. The van der Waals surface area contributed by atoms with Crippen LogP contribution in [0.25, 0.3) is 11.0 Å². The minimum absolute atomic E-state index is 0.0710. The highest BCUT2D eigenvalue weighted by atomic mass is 79.9.